The van der Waals surface area contributed by atoms with Crippen LogP contribution in [0.15, 0.2) is 29.2 Å². The van der Waals surface area contributed by atoms with Gasteiger partial charge in [0, 0.05) is 4.90 Å². The Labute approximate surface area is 74.3 Å². The number of benzene rings is 1. The van der Waals surface area contributed by atoms with E-state index in [-0.39, 0.29) is 0 Å². The summed E-state index contributed by atoms with van der Waals surface area (Å²) >= 11 is 3.75. The van der Waals surface area contributed by atoms with E-state index in [9.17, 15) is 3.89 Å². The van der Waals surface area contributed by atoms with E-state index in [0.29, 0.717) is 4.90 Å². The Morgan fingerprint density at radius 1 is 1.36 bits per heavy atom. The highest BCUT2D eigenvalue weighted by Gasteiger charge is 1.97. The second-order valence-electron chi connectivity index (χ2n) is 2.28. The zero-order valence-electron chi connectivity index (χ0n) is 6.29. The molecule has 0 aliphatic rings. The lowest BCUT2D eigenvalue weighted by Crippen LogP contribution is -1.78. The average molecular weight is 190 g/mol. The Balaban J connectivity index is 2.83. The van der Waals surface area contributed by atoms with Gasteiger partial charge in [0.05, 0.1) is 0 Å². The third-order valence-corrected chi connectivity index (χ3v) is 2.97. The van der Waals surface area contributed by atoms with Crippen molar-refractivity contribution in [1.82, 2.24) is 0 Å². The van der Waals surface area contributed by atoms with Crippen molar-refractivity contribution in [1.29, 1.82) is 0 Å². The molecule has 0 aliphatic heterocycles. The van der Waals surface area contributed by atoms with E-state index in [4.69, 9.17) is 0 Å². The number of hydrogen-bond acceptors (Lipinski definition) is 1. The van der Waals surface area contributed by atoms with Crippen molar-refractivity contribution < 1.29 is 3.89 Å². The Morgan fingerprint density at radius 3 is 2.27 bits per heavy atom. The van der Waals surface area contributed by atoms with Crippen LogP contribution in [0.25, 0.3) is 0 Å². The topological polar surface area (TPSA) is 0 Å². The summed E-state index contributed by atoms with van der Waals surface area (Å²) in [5.41, 5.74) is 1.24. The van der Waals surface area contributed by atoms with Crippen molar-refractivity contribution >= 4 is 22.0 Å². The van der Waals surface area contributed by atoms with Gasteiger partial charge in [-0.05, 0) is 34.4 Å². The second-order valence-corrected chi connectivity index (χ2v) is 4.37. The molecule has 1 atom stereocenters. The first-order chi connectivity index (χ1) is 5.24. The van der Waals surface area contributed by atoms with Crippen molar-refractivity contribution in [2.24, 2.45) is 0 Å². The van der Waals surface area contributed by atoms with Gasteiger partial charge in [0.15, 0.2) is 0 Å². The molecule has 1 aromatic carbocycles. The summed E-state index contributed by atoms with van der Waals surface area (Å²) < 4.78 is 12.6. The normalized spacial score (nSPS) is 14.6. The highest BCUT2D eigenvalue weighted by molar-refractivity contribution is 8.75. The van der Waals surface area contributed by atoms with Crippen LogP contribution in [0.2, 0.25) is 0 Å². The molecular formula is C8H11FS2. The SMILES string of the molecule is CCc1ccc([SH](F)S)cc1. The average Bonchev–Trinajstić information content (AvgIpc) is 2.05. The zero-order chi connectivity index (χ0) is 8.27. The fourth-order valence-electron chi connectivity index (χ4n) is 0.855. The van der Waals surface area contributed by atoms with Crippen molar-refractivity contribution in [2.45, 2.75) is 18.2 Å². The molecule has 0 saturated carbocycles. The van der Waals surface area contributed by atoms with E-state index in [1.807, 2.05) is 12.1 Å². The van der Waals surface area contributed by atoms with Crippen LogP contribution < -0.4 is 0 Å². The first-order valence-electron chi connectivity index (χ1n) is 3.47. The first-order valence-corrected chi connectivity index (χ1v) is 5.86. The predicted octanol–water partition coefficient (Wildman–Crippen LogP) is 3.34. The summed E-state index contributed by atoms with van der Waals surface area (Å²) in [7, 11) is -1.72. The number of thiol groups is 2. The fourth-order valence-corrected chi connectivity index (χ4v) is 1.65. The number of aryl methyl sites for hydroxylation is 1. The molecule has 0 N–H and O–H groups in total. The van der Waals surface area contributed by atoms with Crippen molar-refractivity contribution in [2.75, 3.05) is 0 Å². The van der Waals surface area contributed by atoms with E-state index in [2.05, 4.69) is 18.6 Å². The number of hydrogen-bond donors (Lipinski definition) is 2. The largest absolute Gasteiger partial charge is 0.177 e. The van der Waals surface area contributed by atoms with Crippen molar-refractivity contribution in [3.05, 3.63) is 29.8 Å². The van der Waals surface area contributed by atoms with Crippen LogP contribution in [0, 0.1) is 0 Å². The van der Waals surface area contributed by atoms with Gasteiger partial charge in [0.1, 0.15) is 0 Å². The van der Waals surface area contributed by atoms with Gasteiger partial charge in [-0.15, -0.1) is 0 Å². The van der Waals surface area contributed by atoms with Crippen LogP contribution in [0.3, 0.4) is 0 Å². The lowest BCUT2D eigenvalue weighted by Gasteiger charge is -2.04. The van der Waals surface area contributed by atoms with Crippen LogP contribution in [0.5, 0.6) is 0 Å². The molecule has 0 bridgehead atoms. The third kappa shape index (κ3) is 2.42. The number of rotatable bonds is 2. The summed E-state index contributed by atoms with van der Waals surface area (Å²) in [6.45, 7) is 2.08. The van der Waals surface area contributed by atoms with E-state index >= 15 is 0 Å². The molecule has 0 heterocycles. The lowest BCUT2D eigenvalue weighted by atomic mass is 10.2. The quantitative estimate of drug-likeness (QED) is 0.518. The van der Waals surface area contributed by atoms with Gasteiger partial charge in [-0.2, -0.15) is 3.89 Å². The summed E-state index contributed by atoms with van der Waals surface area (Å²) in [4.78, 5) is 0.695. The summed E-state index contributed by atoms with van der Waals surface area (Å²) in [5, 5.41) is 0. The molecule has 0 spiro atoms. The van der Waals surface area contributed by atoms with Gasteiger partial charge in [-0.1, -0.05) is 30.7 Å². The maximum absolute atomic E-state index is 12.6. The highest BCUT2D eigenvalue weighted by Crippen LogP contribution is 2.41. The fraction of sp³-hybridized carbons (Fsp3) is 0.250. The Morgan fingerprint density at radius 2 is 1.91 bits per heavy atom. The molecule has 0 nitrogen and oxygen atoms in total. The monoisotopic (exact) mass is 190 g/mol. The summed E-state index contributed by atoms with van der Waals surface area (Å²) in [6.07, 6.45) is 0.997. The maximum atomic E-state index is 12.6. The maximum Gasteiger partial charge on any atom is 0.0241 e. The molecule has 0 aliphatic carbocycles. The Hall–Kier alpha value is -0.150. The third-order valence-electron chi connectivity index (χ3n) is 1.56. The highest BCUT2D eigenvalue weighted by atomic mass is 33.1. The van der Waals surface area contributed by atoms with Crippen LogP contribution in [0.1, 0.15) is 12.5 Å². The zero-order valence-corrected chi connectivity index (χ0v) is 8.08. The van der Waals surface area contributed by atoms with Crippen molar-refractivity contribution in [3.8, 4) is 0 Å². The van der Waals surface area contributed by atoms with E-state index in [0.717, 1.165) is 6.42 Å². The first kappa shape index (κ1) is 8.94. The smallest absolute Gasteiger partial charge is 0.0241 e. The van der Waals surface area contributed by atoms with Gasteiger partial charge >= 0.3 is 0 Å². The molecular weight excluding hydrogens is 179 g/mol. The van der Waals surface area contributed by atoms with Crippen LogP contribution in [-0.4, -0.2) is 0 Å². The molecule has 11 heavy (non-hydrogen) atoms. The molecule has 0 radical (unpaired) electrons. The van der Waals surface area contributed by atoms with Crippen LogP contribution in [0.4, 0.5) is 3.89 Å². The van der Waals surface area contributed by atoms with Gasteiger partial charge in [0.2, 0.25) is 0 Å². The minimum atomic E-state index is -1.72. The molecule has 0 amide bonds. The van der Waals surface area contributed by atoms with Gasteiger partial charge in [-0.3, -0.25) is 0 Å². The second kappa shape index (κ2) is 4.02. The minimum absolute atomic E-state index is 0.695. The van der Waals surface area contributed by atoms with E-state index in [1.54, 1.807) is 12.1 Å². The van der Waals surface area contributed by atoms with E-state index < -0.39 is 10.3 Å². The van der Waals surface area contributed by atoms with Gasteiger partial charge in [0.25, 0.3) is 0 Å². The Bertz CT molecular complexity index is 218. The molecule has 62 valence electrons. The molecule has 0 aromatic heterocycles. The minimum Gasteiger partial charge on any atom is -0.177 e. The number of halogens is 1. The molecule has 0 fully saturated rings. The summed E-state index contributed by atoms with van der Waals surface area (Å²) in [6, 6.07) is 7.50. The molecule has 3 heteroatoms. The van der Waals surface area contributed by atoms with Gasteiger partial charge < -0.3 is 0 Å². The molecule has 1 unspecified atom stereocenters. The van der Waals surface area contributed by atoms with Crippen LogP contribution >= 0.6 is 22.0 Å². The predicted molar refractivity (Wildman–Crippen MR) is 53.2 cm³/mol. The standard InChI is InChI=1S/C8H11FS2/c1-2-7-3-5-8(6-4-7)11(9)10/h3-6,10-11H,2H2,1H3. The molecule has 1 rings (SSSR count). The van der Waals surface area contributed by atoms with Crippen LogP contribution in [-0.2, 0) is 6.42 Å². The van der Waals surface area contributed by atoms with Gasteiger partial charge in [-0.25, -0.2) is 0 Å². The summed E-state index contributed by atoms with van der Waals surface area (Å²) in [5.74, 6) is 0. The molecule has 1 aromatic rings. The van der Waals surface area contributed by atoms with Crippen molar-refractivity contribution in [3.63, 3.8) is 0 Å². The van der Waals surface area contributed by atoms with E-state index in [1.165, 1.54) is 5.56 Å². The lowest BCUT2D eigenvalue weighted by molar-refractivity contribution is 0.929. The molecule has 0 saturated heterocycles. The Kier molecular flexibility index (Phi) is 3.27.